The Labute approximate surface area is 155 Å². The third kappa shape index (κ3) is 4.35. The fourth-order valence-electron chi connectivity index (χ4n) is 3.28. The molecule has 1 heterocycles. The Morgan fingerprint density at radius 1 is 1.19 bits per heavy atom. The van der Waals surface area contributed by atoms with Gasteiger partial charge in [0.1, 0.15) is 5.75 Å². The molecule has 0 radical (unpaired) electrons. The van der Waals surface area contributed by atoms with E-state index in [-0.39, 0.29) is 5.54 Å². The first-order valence-electron chi connectivity index (χ1n) is 9.01. The Kier molecular flexibility index (Phi) is 5.47. The third-order valence-corrected chi connectivity index (χ3v) is 4.97. The molecule has 5 heteroatoms. The number of anilines is 1. The van der Waals surface area contributed by atoms with E-state index in [9.17, 15) is 0 Å². The summed E-state index contributed by atoms with van der Waals surface area (Å²) < 4.78 is 5.23. The van der Waals surface area contributed by atoms with E-state index in [0.717, 1.165) is 30.9 Å². The van der Waals surface area contributed by atoms with Gasteiger partial charge in [-0.25, -0.2) is 0 Å². The molecule has 0 unspecified atom stereocenters. The smallest absolute Gasteiger partial charge is 0.193 e. The molecular weight excluding hydrogens is 324 g/mol. The van der Waals surface area contributed by atoms with Crippen LogP contribution in [0.25, 0.3) is 0 Å². The molecule has 0 aromatic heterocycles. The van der Waals surface area contributed by atoms with Crippen molar-refractivity contribution in [3.8, 4) is 5.75 Å². The molecule has 2 aromatic carbocycles. The molecule has 3 rings (SSSR count). The van der Waals surface area contributed by atoms with Gasteiger partial charge in [0.25, 0.3) is 0 Å². The molecule has 138 valence electrons. The Balaban J connectivity index is 1.62. The first kappa shape index (κ1) is 18.3. The number of guanidine groups is 1. The summed E-state index contributed by atoms with van der Waals surface area (Å²) in [7, 11) is 1.65. The molecule has 0 fully saturated rings. The lowest BCUT2D eigenvalue weighted by molar-refractivity contribution is 0.112. The highest BCUT2D eigenvalue weighted by Crippen LogP contribution is 2.25. The van der Waals surface area contributed by atoms with E-state index in [0.29, 0.717) is 12.5 Å². The standard InChI is InChI=1S/C21H28N4O/c1-21(2,25-12-11-16-7-4-5-8-17(16)14-25)15-23-20(22)24-18-9-6-10-19(13-18)26-3/h4-10,13H,11-12,14-15H2,1-3H3,(H3,22,23,24). The average Bonchev–Trinajstić information content (AvgIpc) is 2.66. The minimum atomic E-state index is -0.0613. The topological polar surface area (TPSA) is 62.9 Å². The van der Waals surface area contributed by atoms with Crippen LogP contribution in [-0.4, -0.2) is 36.6 Å². The number of rotatable bonds is 5. The lowest BCUT2D eigenvalue weighted by atomic mass is 9.94. The van der Waals surface area contributed by atoms with Gasteiger partial charge < -0.3 is 15.8 Å². The number of hydrogen-bond acceptors (Lipinski definition) is 3. The minimum absolute atomic E-state index is 0.0613. The van der Waals surface area contributed by atoms with Crippen molar-refractivity contribution in [2.45, 2.75) is 32.4 Å². The lowest BCUT2D eigenvalue weighted by Gasteiger charge is -2.40. The Bertz CT molecular complexity index is 785. The van der Waals surface area contributed by atoms with Gasteiger partial charge in [0.2, 0.25) is 0 Å². The number of benzene rings is 2. The second kappa shape index (κ2) is 7.79. The number of nitrogens with one attached hydrogen (secondary N) is 1. The molecule has 0 amide bonds. The highest BCUT2D eigenvalue weighted by atomic mass is 16.5. The zero-order valence-electron chi connectivity index (χ0n) is 15.8. The molecule has 2 aromatic rings. The van der Waals surface area contributed by atoms with Gasteiger partial charge in [-0.3, -0.25) is 9.89 Å². The number of hydrogen-bond donors (Lipinski definition) is 2. The van der Waals surface area contributed by atoms with Crippen molar-refractivity contribution < 1.29 is 4.74 Å². The third-order valence-electron chi connectivity index (χ3n) is 4.97. The molecule has 26 heavy (non-hydrogen) atoms. The minimum Gasteiger partial charge on any atom is -0.497 e. The van der Waals surface area contributed by atoms with Gasteiger partial charge in [0.05, 0.1) is 13.7 Å². The van der Waals surface area contributed by atoms with E-state index in [1.165, 1.54) is 11.1 Å². The Morgan fingerprint density at radius 3 is 2.73 bits per heavy atom. The summed E-state index contributed by atoms with van der Waals surface area (Å²) in [6.07, 6.45) is 1.08. The number of aliphatic imine (C=N–C) groups is 1. The number of methoxy groups -OCH3 is 1. The maximum atomic E-state index is 6.09. The molecule has 1 aliphatic rings. The lowest BCUT2D eigenvalue weighted by Crippen LogP contribution is -2.49. The van der Waals surface area contributed by atoms with E-state index in [1.807, 2.05) is 24.3 Å². The van der Waals surface area contributed by atoms with Gasteiger partial charge in [-0.1, -0.05) is 30.3 Å². The molecular formula is C21H28N4O. The van der Waals surface area contributed by atoms with Gasteiger partial charge in [-0.2, -0.15) is 0 Å². The van der Waals surface area contributed by atoms with Crippen LogP contribution in [-0.2, 0) is 13.0 Å². The predicted molar refractivity (Wildman–Crippen MR) is 108 cm³/mol. The summed E-state index contributed by atoms with van der Waals surface area (Å²) in [5.41, 5.74) is 9.77. The molecule has 0 saturated heterocycles. The first-order chi connectivity index (χ1) is 12.5. The Hall–Kier alpha value is -2.53. The Morgan fingerprint density at radius 2 is 1.96 bits per heavy atom. The summed E-state index contributed by atoms with van der Waals surface area (Å²) in [5.74, 6) is 1.21. The SMILES string of the molecule is COc1cccc(NC(N)=NCC(C)(C)N2CCc3ccccc3C2)c1. The molecule has 0 bridgehead atoms. The molecule has 1 aliphatic heterocycles. The van der Waals surface area contributed by atoms with Crippen LogP contribution in [0.4, 0.5) is 5.69 Å². The van der Waals surface area contributed by atoms with E-state index >= 15 is 0 Å². The highest BCUT2D eigenvalue weighted by molar-refractivity contribution is 5.92. The van der Waals surface area contributed by atoms with Crippen molar-refractivity contribution in [3.63, 3.8) is 0 Å². The van der Waals surface area contributed by atoms with Gasteiger partial charge in [0.15, 0.2) is 5.96 Å². The molecule has 0 aliphatic carbocycles. The van der Waals surface area contributed by atoms with Crippen molar-refractivity contribution in [2.75, 3.05) is 25.5 Å². The zero-order valence-corrected chi connectivity index (χ0v) is 15.8. The van der Waals surface area contributed by atoms with Crippen LogP contribution in [0.5, 0.6) is 5.75 Å². The maximum absolute atomic E-state index is 6.09. The van der Waals surface area contributed by atoms with Crippen LogP contribution < -0.4 is 15.8 Å². The second-order valence-corrected chi connectivity index (χ2v) is 7.31. The van der Waals surface area contributed by atoms with Gasteiger partial charge >= 0.3 is 0 Å². The monoisotopic (exact) mass is 352 g/mol. The summed E-state index contributed by atoms with van der Waals surface area (Å²) in [5, 5.41) is 3.14. The summed E-state index contributed by atoms with van der Waals surface area (Å²) in [6.45, 7) is 7.09. The van der Waals surface area contributed by atoms with Crippen LogP contribution in [0.2, 0.25) is 0 Å². The predicted octanol–water partition coefficient (Wildman–Crippen LogP) is 3.26. The van der Waals surface area contributed by atoms with Crippen molar-refractivity contribution in [1.82, 2.24) is 4.90 Å². The first-order valence-corrected chi connectivity index (χ1v) is 9.01. The van der Waals surface area contributed by atoms with Crippen LogP contribution in [0.15, 0.2) is 53.5 Å². The van der Waals surface area contributed by atoms with Crippen molar-refractivity contribution >= 4 is 11.6 Å². The maximum Gasteiger partial charge on any atom is 0.193 e. The van der Waals surface area contributed by atoms with Crippen molar-refractivity contribution in [1.29, 1.82) is 0 Å². The van der Waals surface area contributed by atoms with E-state index in [4.69, 9.17) is 10.5 Å². The average molecular weight is 352 g/mol. The quantitative estimate of drug-likeness (QED) is 0.640. The zero-order chi connectivity index (χ0) is 18.6. The van der Waals surface area contributed by atoms with Gasteiger partial charge in [0, 0.05) is 30.4 Å². The summed E-state index contributed by atoms with van der Waals surface area (Å²) in [6, 6.07) is 16.3. The fourth-order valence-corrected chi connectivity index (χ4v) is 3.28. The number of fused-ring (bicyclic) bond motifs is 1. The highest BCUT2D eigenvalue weighted by Gasteiger charge is 2.29. The molecule has 0 saturated carbocycles. The molecule has 0 spiro atoms. The van der Waals surface area contributed by atoms with Gasteiger partial charge in [-0.15, -0.1) is 0 Å². The molecule has 0 atom stereocenters. The number of nitrogens with two attached hydrogens (primary N) is 1. The largest absolute Gasteiger partial charge is 0.497 e. The van der Waals surface area contributed by atoms with Crippen molar-refractivity contribution in [3.05, 3.63) is 59.7 Å². The van der Waals surface area contributed by atoms with E-state index in [2.05, 4.69) is 53.3 Å². The van der Waals surface area contributed by atoms with Crippen LogP contribution in [0.1, 0.15) is 25.0 Å². The second-order valence-electron chi connectivity index (χ2n) is 7.31. The van der Waals surface area contributed by atoms with Crippen LogP contribution >= 0.6 is 0 Å². The summed E-state index contributed by atoms with van der Waals surface area (Å²) >= 11 is 0. The molecule has 3 N–H and O–H groups in total. The molecule has 5 nitrogen and oxygen atoms in total. The van der Waals surface area contributed by atoms with Crippen LogP contribution in [0.3, 0.4) is 0 Å². The van der Waals surface area contributed by atoms with E-state index < -0.39 is 0 Å². The van der Waals surface area contributed by atoms with Crippen LogP contribution in [0, 0.1) is 0 Å². The normalized spacial score (nSPS) is 15.4. The van der Waals surface area contributed by atoms with Gasteiger partial charge in [-0.05, 0) is 43.5 Å². The fraction of sp³-hybridized carbons (Fsp3) is 0.381. The number of ether oxygens (including phenoxy) is 1. The van der Waals surface area contributed by atoms with Crippen molar-refractivity contribution in [2.24, 2.45) is 10.7 Å². The summed E-state index contributed by atoms with van der Waals surface area (Å²) in [4.78, 5) is 7.06. The van der Waals surface area contributed by atoms with E-state index in [1.54, 1.807) is 7.11 Å². The number of nitrogens with zero attached hydrogens (tertiary/aromatic N) is 2.